The summed E-state index contributed by atoms with van der Waals surface area (Å²) in [5.41, 5.74) is 1.59. The molecule has 0 spiro atoms. The molecule has 6 nitrogen and oxygen atoms in total. The van der Waals surface area contributed by atoms with Crippen LogP contribution in [0.5, 0.6) is 0 Å². The van der Waals surface area contributed by atoms with Gasteiger partial charge in [0.1, 0.15) is 5.82 Å². The van der Waals surface area contributed by atoms with E-state index in [1.165, 1.54) is 0 Å². The highest BCUT2D eigenvalue weighted by Crippen LogP contribution is 2.23. The number of para-hydroxylation sites is 1. The molecule has 1 amide bonds. The van der Waals surface area contributed by atoms with Crippen molar-refractivity contribution in [1.29, 1.82) is 0 Å². The maximum Gasteiger partial charge on any atom is 0.303 e. The van der Waals surface area contributed by atoms with E-state index in [4.69, 9.17) is 5.11 Å². The molecule has 0 saturated carbocycles. The molecule has 0 aliphatic heterocycles. The van der Waals surface area contributed by atoms with Crippen LogP contribution in [-0.2, 0) is 9.59 Å². The first-order valence-corrected chi connectivity index (χ1v) is 7.40. The molecule has 0 unspecified atom stereocenters. The van der Waals surface area contributed by atoms with E-state index < -0.39 is 5.97 Å². The van der Waals surface area contributed by atoms with Crippen molar-refractivity contribution < 1.29 is 14.7 Å². The number of aromatic nitrogens is 1. The summed E-state index contributed by atoms with van der Waals surface area (Å²) < 4.78 is 0. The minimum Gasteiger partial charge on any atom is -0.481 e. The SMILES string of the molecule is CCN(c1ccccc1)c1ccc(NC(=O)CCC(=O)O)cn1. The van der Waals surface area contributed by atoms with E-state index in [0.29, 0.717) is 5.69 Å². The molecule has 2 aromatic rings. The van der Waals surface area contributed by atoms with Crippen LogP contribution in [0.25, 0.3) is 0 Å². The van der Waals surface area contributed by atoms with Gasteiger partial charge in [0.15, 0.2) is 0 Å². The molecule has 0 aliphatic rings. The van der Waals surface area contributed by atoms with Gasteiger partial charge in [0.05, 0.1) is 18.3 Å². The molecule has 0 fully saturated rings. The number of rotatable bonds is 7. The fraction of sp³-hybridized carbons (Fsp3) is 0.235. The molecular formula is C17H19N3O3. The van der Waals surface area contributed by atoms with E-state index in [1.807, 2.05) is 43.3 Å². The van der Waals surface area contributed by atoms with Crippen molar-refractivity contribution in [2.45, 2.75) is 19.8 Å². The summed E-state index contributed by atoms with van der Waals surface area (Å²) in [6.45, 7) is 2.80. The Hall–Kier alpha value is -2.89. The molecule has 120 valence electrons. The molecule has 0 radical (unpaired) electrons. The Morgan fingerprint density at radius 3 is 2.43 bits per heavy atom. The van der Waals surface area contributed by atoms with E-state index in [9.17, 15) is 9.59 Å². The summed E-state index contributed by atoms with van der Waals surface area (Å²) in [7, 11) is 0. The van der Waals surface area contributed by atoms with E-state index in [-0.39, 0.29) is 18.7 Å². The van der Waals surface area contributed by atoms with Crippen molar-refractivity contribution in [2.24, 2.45) is 0 Å². The largest absolute Gasteiger partial charge is 0.481 e. The van der Waals surface area contributed by atoms with Gasteiger partial charge in [-0.1, -0.05) is 18.2 Å². The van der Waals surface area contributed by atoms with Crippen molar-refractivity contribution in [3.05, 3.63) is 48.7 Å². The Morgan fingerprint density at radius 1 is 1.13 bits per heavy atom. The number of aliphatic carboxylic acids is 1. The lowest BCUT2D eigenvalue weighted by Gasteiger charge is -2.22. The zero-order valence-corrected chi connectivity index (χ0v) is 12.9. The zero-order chi connectivity index (χ0) is 16.7. The predicted molar refractivity (Wildman–Crippen MR) is 88.9 cm³/mol. The summed E-state index contributed by atoms with van der Waals surface area (Å²) in [4.78, 5) is 28.5. The van der Waals surface area contributed by atoms with Gasteiger partial charge in [0.25, 0.3) is 0 Å². The lowest BCUT2D eigenvalue weighted by Crippen LogP contribution is -2.17. The number of amides is 1. The first-order valence-electron chi connectivity index (χ1n) is 7.40. The van der Waals surface area contributed by atoms with Crippen LogP contribution in [0, 0.1) is 0 Å². The number of hydrogen-bond acceptors (Lipinski definition) is 4. The smallest absolute Gasteiger partial charge is 0.303 e. The van der Waals surface area contributed by atoms with Crippen LogP contribution in [0.3, 0.4) is 0 Å². The summed E-state index contributed by atoms with van der Waals surface area (Å²) >= 11 is 0. The quantitative estimate of drug-likeness (QED) is 0.821. The minimum atomic E-state index is -0.991. The molecule has 23 heavy (non-hydrogen) atoms. The molecule has 0 bridgehead atoms. The maximum absolute atomic E-state index is 11.6. The van der Waals surface area contributed by atoms with Crippen LogP contribution in [0.15, 0.2) is 48.7 Å². The second-order valence-corrected chi connectivity index (χ2v) is 4.93. The van der Waals surface area contributed by atoms with Gasteiger partial charge in [-0.2, -0.15) is 0 Å². The Morgan fingerprint density at radius 2 is 1.87 bits per heavy atom. The van der Waals surface area contributed by atoms with E-state index in [1.54, 1.807) is 12.3 Å². The number of carboxylic acids is 1. The van der Waals surface area contributed by atoms with Crippen molar-refractivity contribution in [3.8, 4) is 0 Å². The van der Waals surface area contributed by atoms with Gasteiger partial charge in [-0.15, -0.1) is 0 Å². The topological polar surface area (TPSA) is 82.5 Å². The van der Waals surface area contributed by atoms with Crippen molar-refractivity contribution in [3.63, 3.8) is 0 Å². The minimum absolute atomic E-state index is 0.0534. The van der Waals surface area contributed by atoms with Crippen molar-refractivity contribution in [1.82, 2.24) is 4.98 Å². The van der Waals surface area contributed by atoms with Crippen LogP contribution >= 0.6 is 0 Å². The molecule has 1 aromatic heterocycles. The van der Waals surface area contributed by atoms with E-state index >= 15 is 0 Å². The van der Waals surface area contributed by atoms with Gasteiger partial charge in [-0.05, 0) is 31.2 Å². The summed E-state index contributed by atoms with van der Waals surface area (Å²) in [5, 5.41) is 11.2. The Kier molecular flexibility index (Phi) is 5.68. The van der Waals surface area contributed by atoms with Crippen LogP contribution in [-0.4, -0.2) is 28.5 Å². The summed E-state index contributed by atoms with van der Waals surface area (Å²) in [5.74, 6) is -0.547. The molecule has 1 aromatic carbocycles. The van der Waals surface area contributed by atoms with Gasteiger partial charge < -0.3 is 15.3 Å². The average Bonchev–Trinajstić information content (AvgIpc) is 2.56. The number of carboxylic acid groups (broad SMARTS) is 1. The highest BCUT2D eigenvalue weighted by molar-refractivity contribution is 5.92. The number of carbonyl (C=O) groups excluding carboxylic acids is 1. The average molecular weight is 313 g/mol. The predicted octanol–water partition coefficient (Wildman–Crippen LogP) is 3.04. The maximum atomic E-state index is 11.6. The first kappa shape index (κ1) is 16.5. The van der Waals surface area contributed by atoms with Crippen LogP contribution < -0.4 is 10.2 Å². The van der Waals surface area contributed by atoms with Gasteiger partial charge in [-0.25, -0.2) is 4.98 Å². The number of nitrogens with one attached hydrogen (secondary N) is 1. The van der Waals surface area contributed by atoms with Crippen LogP contribution in [0.4, 0.5) is 17.2 Å². The highest BCUT2D eigenvalue weighted by Gasteiger charge is 2.09. The number of pyridine rings is 1. The molecular weight excluding hydrogens is 294 g/mol. The first-order chi connectivity index (χ1) is 11.1. The third kappa shape index (κ3) is 4.81. The van der Waals surface area contributed by atoms with Crippen molar-refractivity contribution >= 4 is 29.1 Å². The van der Waals surface area contributed by atoms with E-state index in [0.717, 1.165) is 18.1 Å². The zero-order valence-electron chi connectivity index (χ0n) is 12.9. The van der Waals surface area contributed by atoms with Gasteiger partial charge in [0.2, 0.25) is 5.91 Å². The lowest BCUT2D eigenvalue weighted by molar-refractivity contribution is -0.138. The Bertz CT molecular complexity index is 657. The monoisotopic (exact) mass is 313 g/mol. The lowest BCUT2D eigenvalue weighted by atomic mass is 10.2. The molecule has 6 heteroatoms. The Balaban J connectivity index is 2.03. The normalized spacial score (nSPS) is 10.1. The van der Waals surface area contributed by atoms with Gasteiger partial charge in [0, 0.05) is 18.7 Å². The number of benzene rings is 1. The number of anilines is 3. The van der Waals surface area contributed by atoms with E-state index in [2.05, 4.69) is 15.2 Å². The summed E-state index contributed by atoms with van der Waals surface area (Å²) in [6.07, 6.45) is 1.33. The molecule has 0 aliphatic carbocycles. The molecule has 2 N–H and O–H groups in total. The van der Waals surface area contributed by atoms with Gasteiger partial charge >= 0.3 is 5.97 Å². The number of carbonyl (C=O) groups is 2. The third-order valence-corrected chi connectivity index (χ3v) is 3.26. The number of nitrogens with zero attached hydrogens (tertiary/aromatic N) is 2. The highest BCUT2D eigenvalue weighted by atomic mass is 16.4. The standard InChI is InChI=1S/C17H19N3O3/c1-2-20(14-6-4-3-5-7-14)15-9-8-13(12-18-15)19-16(21)10-11-17(22)23/h3-9,12H,2,10-11H2,1H3,(H,19,21)(H,22,23). The number of hydrogen-bond donors (Lipinski definition) is 2. The fourth-order valence-corrected chi connectivity index (χ4v) is 2.15. The second-order valence-electron chi connectivity index (χ2n) is 4.93. The Labute approximate surface area is 134 Å². The van der Waals surface area contributed by atoms with Crippen LogP contribution in [0.2, 0.25) is 0 Å². The third-order valence-electron chi connectivity index (χ3n) is 3.26. The second kappa shape index (κ2) is 7.93. The van der Waals surface area contributed by atoms with Crippen LogP contribution in [0.1, 0.15) is 19.8 Å². The van der Waals surface area contributed by atoms with Crippen molar-refractivity contribution in [2.75, 3.05) is 16.8 Å². The fourth-order valence-electron chi connectivity index (χ4n) is 2.15. The van der Waals surface area contributed by atoms with Gasteiger partial charge in [-0.3, -0.25) is 9.59 Å². The molecule has 0 atom stereocenters. The summed E-state index contributed by atoms with van der Waals surface area (Å²) in [6, 6.07) is 13.5. The molecule has 2 rings (SSSR count). The molecule has 0 saturated heterocycles. The molecule has 1 heterocycles.